The number of benzene rings is 2. The van der Waals surface area contributed by atoms with Gasteiger partial charge >= 0.3 is 0 Å². The van der Waals surface area contributed by atoms with Crippen molar-refractivity contribution in [3.63, 3.8) is 0 Å². The van der Waals surface area contributed by atoms with Gasteiger partial charge in [0.25, 0.3) is 5.69 Å². The first kappa shape index (κ1) is 17.7. The van der Waals surface area contributed by atoms with E-state index in [0.717, 1.165) is 6.07 Å². The van der Waals surface area contributed by atoms with Gasteiger partial charge in [0.15, 0.2) is 0 Å². The molecule has 2 rings (SSSR count). The van der Waals surface area contributed by atoms with Gasteiger partial charge < -0.3 is 9.47 Å². The highest BCUT2D eigenvalue weighted by Gasteiger charge is 2.19. The Morgan fingerprint density at radius 3 is 2.21 bits per heavy atom. The normalized spacial score (nSPS) is 11.1. The standard InChI is InChI=1S/C15H16N2O6S/c1-22-14-7-4-8-15(23-2)13(14)10-16-24(20,21)12-6-3-5-11(9-12)17(18)19/h3-9,16H,10H2,1-2H3. The summed E-state index contributed by atoms with van der Waals surface area (Å²) in [5, 5.41) is 10.8. The van der Waals surface area contributed by atoms with Crippen LogP contribution in [0, 0.1) is 10.1 Å². The van der Waals surface area contributed by atoms with Crippen LogP contribution in [-0.2, 0) is 16.6 Å². The van der Waals surface area contributed by atoms with Crippen molar-refractivity contribution in [3.05, 3.63) is 58.1 Å². The fourth-order valence-corrected chi connectivity index (χ4v) is 3.15. The molecule has 128 valence electrons. The molecule has 0 spiro atoms. The van der Waals surface area contributed by atoms with Crippen molar-refractivity contribution in [1.29, 1.82) is 0 Å². The van der Waals surface area contributed by atoms with Crippen molar-refractivity contribution in [2.75, 3.05) is 14.2 Å². The number of hydrogen-bond donors (Lipinski definition) is 1. The predicted octanol–water partition coefficient (Wildman–Crippen LogP) is 2.09. The number of ether oxygens (including phenoxy) is 2. The molecule has 0 saturated carbocycles. The lowest BCUT2D eigenvalue weighted by Crippen LogP contribution is -2.23. The maximum Gasteiger partial charge on any atom is 0.270 e. The molecule has 9 heteroatoms. The maximum atomic E-state index is 12.4. The van der Waals surface area contributed by atoms with Crippen LogP contribution >= 0.6 is 0 Å². The van der Waals surface area contributed by atoms with Crippen LogP contribution in [0.5, 0.6) is 11.5 Å². The van der Waals surface area contributed by atoms with Crippen LogP contribution in [-0.4, -0.2) is 27.6 Å². The van der Waals surface area contributed by atoms with E-state index in [0.29, 0.717) is 17.1 Å². The second-order valence-electron chi connectivity index (χ2n) is 4.72. The Balaban J connectivity index is 2.29. The summed E-state index contributed by atoms with van der Waals surface area (Å²) >= 11 is 0. The summed E-state index contributed by atoms with van der Waals surface area (Å²) in [7, 11) is -0.999. The Kier molecular flexibility index (Phi) is 5.37. The molecule has 0 aliphatic heterocycles. The topological polar surface area (TPSA) is 108 Å². The summed E-state index contributed by atoms with van der Waals surface area (Å²) in [5.41, 5.74) is 0.226. The van der Waals surface area contributed by atoms with Crippen LogP contribution in [0.3, 0.4) is 0 Å². The fourth-order valence-electron chi connectivity index (χ4n) is 2.12. The summed E-state index contributed by atoms with van der Waals surface area (Å²) in [6, 6.07) is 9.91. The van der Waals surface area contributed by atoms with Gasteiger partial charge in [0.2, 0.25) is 10.0 Å². The Bertz CT molecular complexity index is 829. The molecule has 24 heavy (non-hydrogen) atoms. The molecule has 0 unspecified atom stereocenters. The molecule has 8 nitrogen and oxygen atoms in total. The van der Waals surface area contributed by atoms with E-state index in [9.17, 15) is 18.5 Å². The summed E-state index contributed by atoms with van der Waals surface area (Å²) in [6.07, 6.45) is 0. The molecule has 0 fully saturated rings. The molecule has 2 aromatic rings. The van der Waals surface area contributed by atoms with Gasteiger partial charge in [-0.2, -0.15) is 0 Å². The summed E-state index contributed by atoms with van der Waals surface area (Å²) in [5.74, 6) is 0.937. The Hall–Kier alpha value is -2.65. The number of methoxy groups -OCH3 is 2. The van der Waals surface area contributed by atoms with Crippen molar-refractivity contribution in [2.24, 2.45) is 0 Å². The van der Waals surface area contributed by atoms with E-state index in [2.05, 4.69) is 4.72 Å². The van der Waals surface area contributed by atoms with Crippen LogP contribution in [0.25, 0.3) is 0 Å². The van der Waals surface area contributed by atoms with Crippen molar-refractivity contribution in [1.82, 2.24) is 4.72 Å². The average molecular weight is 352 g/mol. The zero-order valence-corrected chi connectivity index (χ0v) is 13.9. The molecule has 0 aromatic heterocycles. The molecular weight excluding hydrogens is 336 g/mol. The quantitative estimate of drug-likeness (QED) is 0.604. The van der Waals surface area contributed by atoms with Gasteiger partial charge in [0.1, 0.15) is 11.5 Å². The molecule has 0 amide bonds. The first-order valence-corrected chi connectivity index (χ1v) is 8.31. The van der Waals surface area contributed by atoms with E-state index in [1.165, 1.54) is 32.4 Å². The molecule has 0 aliphatic carbocycles. The lowest BCUT2D eigenvalue weighted by atomic mass is 10.2. The van der Waals surface area contributed by atoms with Gasteiger partial charge in [-0.1, -0.05) is 12.1 Å². The zero-order valence-electron chi connectivity index (χ0n) is 13.1. The first-order valence-electron chi connectivity index (χ1n) is 6.83. The van der Waals surface area contributed by atoms with Gasteiger partial charge in [-0.05, 0) is 18.2 Å². The minimum Gasteiger partial charge on any atom is -0.496 e. The molecule has 0 radical (unpaired) electrons. The summed E-state index contributed by atoms with van der Waals surface area (Å²) < 4.78 is 37.5. The molecule has 0 aliphatic rings. The van der Waals surface area contributed by atoms with E-state index in [1.54, 1.807) is 18.2 Å². The number of nitro benzene ring substituents is 1. The lowest BCUT2D eigenvalue weighted by molar-refractivity contribution is -0.385. The van der Waals surface area contributed by atoms with Crippen LogP contribution in [0.1, 0.15) is 5.56 Å². The predicted molar refractivity (Wildman–Crippen MR) is 86.7 cm³/mol. The van der Waals surface area contributed by atoms with E-state index in [-0.39, 0.29) is 17.1 Å². The number of non-ortho nitro benzene ring substituents is 1. The third-order valence-electron chi connectivity index (χ3n) is 3.31. The first-order chi connectivity index (χ1) is 11.4. The van der Waals surface area contributed by atoms with E-state index < -0.39 is 14.9 Å². The highest BCUT2D eigenvalue weighted by molar-refractivity contribution is 7.89. The van der Waals surface area contributed by atoms with Gasteiger partial charge in [-0.3, -0.25) is 10.1 Å². The van der Waals surface area contributed by atoms with Crippen LogP contribution in [0.2, 0.25) is 0 Å². The van der Waals surface area contributed by atoms with Gasteiger partial charge in [-0.15, -0.1) is 0 Å². The number of sulfonamides is 1. The Morgan fingerprint density at radius 1 is 1.08 bits per heavy atom. The van der Waals surface area contributed by atoms with Crippen LogP contribution in [0.15, 0.2) is 47.4 Å². The Labute approximate surface area is 139 Å². The second-order valence-corrected chi connectivity index (χ2v) is 6.49. The molecule has 0 heterocycles. The minimum atomic E-state index is -3.93. The second kappa shape index (κ2) is 7.28. The van der Waals surface area contributed by atoms with Crippen molar-refractivity contribution < 1.29 is 22.8 Å². The third-order valence-corrected chi connectivity index (χ3v) is 4.71. The molecule has 2 aromatic carbocycles. The number of rotatable bonds is 7. The third kappa shape index (κ3) is 3.81. The summed E-state index contributed by atoms with van der Waals surface area (Å²) in [6.45, 7) is -0.0851. The van der Waals surface area contributed by atoms with Crippen LogP contribution < -0.4 is 14.2 Å². The smallest absolute Gasteiger partial charge is 0.270 e. The minimum absolute atomic E-state index is 0.0851. The average Bonchev–Trinajstić information content (AvgIpc) is 2.59. The SMILES string of the molecule is COc1cccc(OC)c1CNS(=O)(=O)c1cccc([N+](=O)[O-])c1. The highest BCUT2D eigenvalue weighted by atomic mass is 32.2. The van der Waals surface area contributed by atoms with E-state index in [1.807, 2.05) is 0 Å². The number of hydrogen-bond acceptors (Lipinski definition) is 6. The maximum absolute atomic E-state index is 12.4. The Morgan fingerprint density at radius 2 is 1.67 bits per heavy atom. The van der Waals surface area contributed by atoms with E-state index >= 15 is 0 Å². The van der Waals surface area contributed by atoms with Crippen molar-refractivity contribution >= 4 is 15.7 Å². The van der Waals surface area contributed by atoms with Gasteiger partial charge in [-0.25, -0.2) is 13.1 Å². The molecule has 0 bridgehead atoms. The van der Waals surface area contributed by atoms with Crippen molar-refractivity contribution in [2.45, 2.75) is 11.4 Å². The largest absolute Gasteiger partial charge is 0.496 e. The molecule has 0 atom stereocenters. The zero-order chi connectivity index (χ0) is 17.7. The van der Waals surface area contributed by atoms with Gasteiger partial charge in [0.05, 0.1) is 29.6 Å². The number of nitro groups is 1. The monoisotopic (exact) mass is 352 g/mol. The summed E-state index contributed by atoms with van der Waals surface area (Å²) in [4.78, 5) is 9.94. The molecule has 0 saturated heterocycles. The van der Waals surface area contributed by atoms with Gasteiger partial charge in [0, 0.05) is 18.7 Å². The van der Waals surface area contributed by atoms with Crippen molar-refractivity contribution in [3.8, 4) is 11.5 Å². The lowest BCUT2D eigenvalue weighted by Gasteiger charge is -2.14. The molecular formula is C15H16N2O6S. The van der Waals surface area contributed by atoms with Crippen LogP contribution in [0.4, 0.5) is 5.69 Å². The van der Waals surface area contributed by atoms with E-state index in [4.69, 9.17) is 9.47 Å². The molecule has 1 N–H and O–H groups in total. The number of nitrogens with one attached hydrogen (secondary N) is 1. The number of nitrogens with zero attached hydrogens (tertiary/aromatic N) is 1. The highest BCUT2D eigenvalue weighted by Crippen LogP contribution is 2.28. The fraction of sp³-hybridized carbons (Fsp3) is 0.200.